The van der Waals surface area contributed by atoms with E-state index in [0.717, 1.165) is 17.7 Å². The molecule has 3 heteroatoms. The molecule has 1 heterocycles. The van der Waals surface area contributed by atoms with Crippen LogP contribution in [0.4, 0.5) is 0 Å². The van der Waals surface area contributed by atoms with Gasteiger partial charge in [-0.3, -0.25) is 5.01 Å². The standard InChI is InChI=1S/C18H17N3/c1-14-12-17(15-8-4-2-5-9-15)21(20-14)18(13-19)16-10-6-3-7-11-16/h2-11,17-18H,12H2,1H3/t17-,18+/m1/s1. The predicted molar refractivity (Wildman–Crippen MR) is 83.5 cm³/mol. The van der Waals surface area contributed by atoms with E-state index in [0.29, 0.717) is 0 Å². The Morgan fingerprint density at radius 2 is 1.71 bits per heavy atom. The molecule has 0 aliphatic carbocycles. The molecule has 0 saturated carbocycles. The van der Waals surface area contributed by atoms with Crippen molar-refractivity contribution in [1.82, 2.24) is 5.01 Å². The molecule has 3 rings (SSSR count). The molecule has 2 aromatic rings. The molecule has 0 radical (unpaired) electrons. The monoisotopic (exact) mass is 275 g/mol. The van der Waals surface area contributed by atoms with Gasteiger partial charge in [-0.2, -0.15) is 10.4 Å². The molecule has 2 atom stereocenters. The molecular formula is C18H17N3. The molecular weight excluding hydrogens is 258 g/mol. The molecule has 0 unspecified atom stereocenters. The van der Waals surface area contributed by atoms with Crippen LogP contribution >= 0.6 is 0 Å². The molecule has 0 saturated heterocycles. The van der Waals surface area contributed by atoms with E-state index in [9.17, 15) is 5.26 Å². The fourth-order valence-corrected chi connectivity index (χ4v) is 2.79. The summed E-state index contributed by atoms with van der Waals surface area (Å²) in [5, 5.41) is 16.2. The zero-order valence-electron chi connectivity index (χ0n) is 12.0. The maximum atomic E-state index is 9.63. The van der Waals surface area contributed by atoms with E-state index in [-0.39, 0.29) is 12.1 Å². The summed E-state index contributed by atoms with van der Waals surface area (Å²) in [6, 6.07) is 22.3. The highest BCUT2D eigenvalue weighted by atomic mass is 15.5. The van der Waals surface area contributed by atoms with Crippen LogP contribution in [0.1, 0.15) is 36.6 Å². The number of nitrogens with zero attached hydrogens (tertiary/aromatic N) is 3. The number of rotatable bonds is 3. The second-order valence-electron chi connectivity index (χ2n) is 5.29. The number of hydrazone groups is 1. The first kappa shape index (κ1) is 13.4. The first-order valence-electron chi connectivity index (χ1n) is 7.11. The summed E-state index contributed by atoms with van der Waals surface area (Å²) < 4.78 is 0. The van der Waals surface area contributed by atoms with E-state index in [1.807, 2.05) is 60.5 Å². The van der Waals surface area contributed by atoms with Crippen molar-refractivity contribution in [2.45, 2.75) is 25.4 Å². The van der Waals surface area contributed by atoms with Gasteiger partial charge in [-0.25, -0.2) is 0 Å². The highest BCUT2D eigenvalue weighted by Gasteiger charge is 2.32. The largest absolute Gasteiger partial charge is 0.267 e. The van der Waals surface area contributed by atoms with Gasteiger partial charge in [-0.05, 0) is 18.1 Å². The van der Waals surface area contributed by atoms with E-state index >= 15 is 0 Å². The maximum Gasteiger partial charge on any atom is 0.159 e. The first-order chi connectivity index (χ1) is 10.3. The van der Waals surface area contributed by atoms with Crippen molar-refractivity contribution in [2.24, 2.45) is 5.10 Å². The van der Waals surface area contributed by atoms with Crippen molar-refractivity contribution in [3.05, 3.63) is 71.8 Å². The van der Waals surface area contributed by atoms with E-state index in [2.05, 4.69) is 23.3 Å². The lowest BCUT2D eigenvalue weighted by atomic mass is 9.99. The van der Waals surface area contributed by atoms with Gasteiger partial charge < -0.3 is 0 Å². The van der Waals surface area contributed by atoms with Gasteiger partial charge in [0.1, 0.15) is 0 Å². The van der Waals surface area contributed by atoms with Crippen molar-refractivity contribution in [2.75, 3.05) is 0 Å². The SMILES string of the molecule is CC1=NN([C@@H](C#N)c2ccccc2)[C@@H](c2ccccc2)C1. The molecule has 2 aromatic carbocycles. The molecule has 0 N–H and O–H groups in total. The van der Waals surface area contributed by atoms with Crippen LogP contribution in [-0.2, 0) is 0 Å². The molecule has 3 nitrogen and oxygen atoms in total. The normalized spacial score (nSPS) is 19.0. The topological polar surface area (TPSA) is 39.4 Å². The third kappa shape index (κ3) is 2.66. The van der Waals surface area contributed by atoms with Crippen molar-refractivity contribution in [3.8, 4) is 6.07 Å². The summed E-state index contributed by atoms with van der Waals surface area (Å²) in [7, 11) is 0. The predicted octanol–water partition coefficient (Wildman–Crippen LogP) is 4.07. The Labute approximate surface area is 125 Å². The Balaban J connectivity index is 1.96. The summed E-state index contributed by atoms with van der Waals surface area (Å²) in [4.78, 5) is 0. The van der Waals surface area contributed by atoms with Gasteiger partial charge >= 0.3 is 0 Å². The highest BCUT2D eigenvalue weighted by Crippen LogP contribution is 2.37. The summed E-state index contributed by atoms with van der Waals surface area (Å²) >= 11 is 0. The van der Waals surface area contributed by atoms with Gasteiger partial charge in [0.2, 0.25) is 0 Å². The third-order valence-corrected chi connectivity index (χ3v) is 3.78. The Morgan fingerprint density at radius 1 is 1.10 bits per heavy atom. The molecule has 0 aromatic heterocycles. The minimum Gasteiger partial charge on any atom is -0.267 e. The van der Waals surface area contributed by atoms with Gasteiger partial charge in [-0.15, -0.1) is 0 Å². The number of benzene rings is 2. The number of hydrogen-bond donors (Lipinski definition) is 0. The Bertz CT molecular complexity index is 671. The summed E-state index contributed by atoms with van der Waals surface area (Å²) in [5.74, 6) is 0. The minimum atomic E-state index is -0.353. The van der Waals surface area contributed by atoms with Crippen molar-refractivity contribution in [3.63, 3.8) is 0 Å². The van der Waals surface area contributed by atoms with Gasteiger partial charge in [0.15, 0.2) is 6.04 Å². The fourth-order valence-electron chi connectivity index (χ4n) is 2.79. The summed E-state index contributed by atoms with van der Waals surface area (Å²) in [5.41, 5.74) is 3.26. The minimum absolute atomic E-state index is 0.135. The smallest absolute Gasteiger partial charge is 0.159 e. The van der Waals surface area contributed by atoms with E-state index < -0.39 is 0 Å². The van der Waals surface area contributed by atoms with Crippen molar-refractivity contribution >= 4 is 5.71 Å². The van der Waals surface area contributed by atoms with E-state index in [4.69, 9.17) is 0 Å². The second-order valence-corrected chi connectivity index (χ2v) is 5.29. The van der Waals surface area contributed by atoms with Gasteiger partial charge in [0, 0.05) is 12.1 Å². The number of hydrogen-bond acceptors (Lipinski definition) is 3. The molecule has 0 spiro atoms. The quantitative estimate of drug-likeness (QED) is 0.847. The fraction of sp³-hybridized carbons (Fsp3) is 0.222. The van der Waals surface area contributed by atoms with Crippen LogP contribution in [0, 0.1) is 11.3 Å². The molecule has 104 valence electrons. The molecule has 1 aliphatic rings. The van der Waals surface area contributed by atoms with Crippen LogP contribution in [0.25, 0.3) is 0 Å². The average molecular weight is 275 g/mol. The van der Waals surface area contributed by atoms with Crippen LogP contribution in [0.15, 0.2) is 65.8 Å². The lowest BCUT2D eigenvalue weighted by Crippen LogP contribution is -2.24. The lowest BCUT2D eigenvalue weighted by Gasteiger charge is -2.28. The van der Waals surface area contributed by atoms with Crippen molar-refractivity contribution in [1.29, 1.82) is 5.26 Å². The summed E-state index contributed by atoms with van der Waals surface area (Å²) in [6.07, 6.45) is 0.870. The van der Waals surface area contributed by atoms with Crippen LogP contribution < -0.4 is 0 Å². The molecule has 21 heavy (non-hydrogen) atoms. The second kappa shape index (κ2) is 5.80. The molecule has 0 fully saturated rings. The Hall–Kier alpha value is -2.60. The van der Waals surface area contributed by atoms with Gasteiger partial charge in [0.05, 0.1) is 12.1 Å². The Kier molecular flexibility index (Phi) is 3.70. The van der Waals surface area contributed by atoms with E-state index in [1.54, 1.807) is 0 Å². The number of nitriles is 1. The lowest BCUT2D eigenvalue weighted by molar-refractivity contribution is 0.196. The Morgan fingerprint density at radius 3 is 2.33 bits per heavy atom. The zero-order chi connectivity index (χ0) is 14.7. The molecule has 0 amide bonds. The van der Waals surface area contributed by atoms with Crippen molar-refractivity contribution < 1.29 is 0 Å². The zero-order valence-corrected chi connectivity index (χ0v) is 12.0. The van der Waals surface area contributed by atoms with Crippen LogP contribution in [0.3, 0.4) is 0 Å². The van der Waals surface area contributed by atoms with Crippen LogP contribution in [0.5, 0.6) is 0 Å². The summed E-state index contributed by atoms with van der Waals surface area (Å²) in [6.45, 7) is 2.02. The van der Waals surface area contributed by atoms with Crippen LogP contribution in [0.2, 0.25) is 0 Å². The third-order valence-electron chi connectivity index (χ3n) is 3.78. The molecule has 1 aliphatic heterocycles. The maximum absolute atomic E-state index is 9.63. The first-order valence-corrected chi connectivity index (χ1v) is 7.11. The van der Waals surface area contributed by atoms with Gasteiger partial charge in [0.25, 0.3) is 0 Å². The van der Waals surface area contributed by atoms with Crippen LogP contribution in [-0.4, -0.2) is 10.7 Å². The van der Waals surface area contributed by atoms with E-state index in [1.165, 1.54) is 5.56 Å². The average Bonchev–Trinajstić information content (AvgIpc) is 2.92. The van der Waals surface area contributed by atoms with Gasteiger partial charge in [-0.1, -0.05) is 60.7 Å². The molecule has 0 bridgehead atoms. The highest BCUT2D eigenvalue weighted by molar-refractivity contribution is 5.84.